The lowest BCUT2D eigenvalue weighted by atomic mass is 10.1. The molecule has 1 aromatic heterocycles. The summed E-state index contributed by atoms with van der Waals surface area (Å²) in [4.78, 5) is 39.2. The third-order valence-electron chi connectivity index (χ3n) is 4.21. The largest absolute Gasteiger partial charge is 0.465 e. The molecule has 2 heterocycles. The van der Waals surface area contributed by atoms with Gasteiger partial charge in [-0.1, -0.05) is 24.3 Å². The minimum atomic E-state index is -0.474. The number of thiophene rings is 1. The molecule has 1 N–H and O–H groups in total. The van der Waals surface area contributed by atoms with Gasteiger partial charge < -0.3 is 15.0 Å². The van der Waals surface area contributed by atoms with Gasteiger partial charge in [-0.15, -0.1) is 11.3 Å². The SMILES string of the molecule is CCOC(=O)CNC(=O)C[C@@H](c1cccs1)N1Cc2ccccc2C1=O. The summed E-state index contributed by atoms with van der Waals surface area (Å²) in [5, 5.41) is 4.50. The van der Waals surface area contributed by atoms with E-state index >= 15 is 0 Å². The first-order chi connectivity index (χ1) is 12.6. The molecule has 0 unspecified atom stereocenters. The van der Waals surface area contributed by atoms with Crippen LogP contribution in [0, 0.1) is 0 Å². The molecule has 7 heteroatoms. The maximum Gasteiger partial charge on any atom is 0.325 e. The van der Waals surface area contributed by atoms with Crippen LogP contribution < -0.4 is 5.32 Å². The molecule has 2 amide bonds. The zero-order chi connectivity index (χ0) is 18.5. The highest BCUT2D eigenvalue weighted by molar-refractivity contribution is 7.10. The molecule has 1 aromatic carbocycles. The molecule has 0 saturated heterocycles. The zero-order valence-corrected chi connectivity index (χ0v) is 15.3. The fourth-order valence-electron chi connectivity index (χ4n) is 3.00. The van der Waals surface area contributed by atoms with E-state index in [1.54, 1.807) is 11.8 Å². The van der Waals surface area contributed by atoms with Crippen molar-refractivity contribution in [3.8, 4) is 0 Å². The highest BCUT2D eigenvalue weighted by atomic mass is 32.1. The van der Waals surface area contributed by atoms with Crippen LogP contribution in [0.3, 0.4) is 0 Å². The minimum Gasteiger partial charge on any atom is -0.465 e. The van der Waals surface area contributed by atoms with E-state index in [9.17, 15) is 14.4 Å². The first-order valence-corrected chi connectivity index (χ1v) is 9.32. The summed E-state index contributed by atoms with van der Waals surface area (Å²) < 4.78 is 4.81. The third-order valence-corrected chi connectivity index (χ3v) is 5.18. The predicted octanol–water partition coefficient (Wildman–Crippen LogP) is 2.51. The van der Waals surface area contributed by atoms with E-state index in [-0.39, 0.29) is 37.4 Å². The van der Waals surface area contributed by atoms with Gasteiger partial charge in [-0.05, 0) is 30.0 Å². The molecule has 1 atom stereocenters. The van der Waals surface area contributed by atoms with Gasteiger partial charge in [-0.25, -0.2) is 0 Å². The van der Waals surface area contributed by atoms with E-state index in [4.69, 9.17) is 4.74 Å². The van der Waals surface area contributed by atoms with Crippen molar-refractivity contribution in [2.75, 3.05) is 13.2 Å². The Balaban J connectivity index is 1.73. The van der Waals surface area contributed by atoms with Gasteiger partial charge >= 0.3 is 5.97 Å². The van der Waals surface area contributed by atoms with Gasteiger partial charge in [0.25, 0.3) is 5.91 Å². The van der Waals surface area contributed by atoms with Crippen molar-refractivity contribution in [3.05, 3.63) is 57.8 Å². The number of fused-ring (bicyclic) bond motifs is 1. The summed E-state index contributed by atoms with van der Waals surface area (Å²) in [5.74, 6) is -0.837. The van der Waals surface area contributed by atoms with Crippen molar-refractivity contribution in [1.29, 1.82) is 0 Å². The first-order valence-electron chi connectivity index (χ1n) is 8.44. The first kappa shape index (κ1) is 18.1. The zero-order valence-electron chi connectivity index (χ0n) is 14.4. The van der Waals surface area contributed by atoms with E-state index in [0.717, 1.165) is 10.4 Å². The summed E-state index contributed by atoms with van der Waals surface area (Å²) in [6, 6.07) is 10.9. The van der Waals surface area contributed by atoms with Crippen molar-refractivity contribution >= 4 is 29.1 Å². The number of esters is 1. The fraction of sp³-hybridized carbons (Fsp3) is 0.316. The average Bonchev–Trinajstić information content (AvgIpc) is 3.27. The Labute approximate surface area is 155 Å². The maximum absolute atomic E-state index is 12.8. The number of rotatable bonds is 7. The number of nitrogens with one attached hydrogen (secondary N) is 1. The highest BCUT2D eigenvalue weighted by Gasteiger charge is 2.34. The summed E-state index contributed by atoms with van der Waals surface area (Å²) in [6.45, 7) is 2.29. The maximum atomic E-state index is 12.8. The molecule has 1 aliphatic heterocycles. The molecule has 0 saturated carbocycles. The third kappa shape index (κ3) is 3.94. The summed E-state index contributed by atoms with van der Waals surface area (Å²) in [6.07, 6.45) is 0.0969. The molecule has 0 aliphatic carbocycles. The summed E-state index contributed by atoms with van der Waals surface area (Å²) in [5.41, 5.74) is 1.65. The Morgan fingerprint density at radius 3 is 2.77 bits per heavy atom. The van der Waals surface area contributed by atoms with Gasteiger partial charge in [0.05, 0.1) is 19.1 Å². The second-order valence-corrected chi connectivity index (χ2v) is 6.89. The molecule has 3 rings (SSSR count). The second-order valence-electron chi connectivity index (χ2n) is 5.91. The number of nitrogens with zero attached hydrogens (tertiary/aromatic N) is 1. The van der Waals surface area contributed by atoms with Crippen molar-refractivity contribution < 1.29 is 19.1 Å². The number of hydrogen-bond donors (Lipinski definition) is 1. The van der Waals surface area contributed by atoms with Crippen LogP contribution in [0.25, 0.3) is 0 Å². The van der Waals surface area contributed by atoms with Gasteiger partial charge in [0.2, 0.25) is 5.91 Å². The van der Waals surface area contributed by atoms with Crippen LogP contribution in [0.4, 0.5) is 0 Å². The monoisotopic (exact) mass is 372 g/mol. The fourth-order valence-corrected chi connectivity index (χ4v) is 3.84. The van der Waals surface area contributed by atoms with Crippen molar-refractivity contribution in [1.82, 2.24) is 10.2 Å². The number of carbonyl (C=O) groups excluding carboxylic acids is 3. The van der Waals surface area contributed by atoms with E-state index in [2.05, 4.69) is 5.32 Å². The molecule has 1 aliphatic rings. The minimum absolute atomic E-state index is 0.0720. The van der Waals surface area contributed by atoms with Gasteiger partial charge in [-0.2, -0.15) is 0 Å². The number of amides is 2. The van der Waals surface area contributed by atoms with Gasteiger partial charge in [-0.3, -0.25) is 14.4 Å². The van der Waals surface area contributed by atoms with E-state index in [0.29, 0.717) is 12.1 Å². The summed E-state index contributed by atoms with van der Waals surface area (Å²) in [7, 11) is 0. The second kappa shape index (κ2) is 8.14. The molecule has 2 aromatic rings. The van der Waals surface area contributed by atoms with Gasteiger partial charge in [0.1, 0.15) is 6.54 Å². The standard InChI is InChI=1S/C19H20N2O4S/c1-2-25-18(23)11-20-17(22)10-15(16-8-5-9-26-16)21-12-13-6-3-4-7-14(13)19(21)24/h3-9,15H,2,10-12H2,1H3,(H,20,22)/t15-/m0/s1. The number of ether oxygens (including phenoxy) is 1. The van der Waals surface area contributed by atoms with Crippen molar-refractivity contribution in [3.63, 3.8) is 0 Å². The van der Waals surface area contributed by atoms with Crippen LogP contribution in [-0.2, 0) is 20.9 Å². The van der Waals surface area contributed by atoms with Crippen LogP contribution >= 0.6 is 11.3 Å². The number of benzene rings is 1. The quantitative estimate of drug-likeness (QED) is 0.758. The normalized spacial score (nSPS) is 14.0. The van der Waals surface area contributed by atoms with Crippen molar-refractivity contribution in [2.24, 2.45) is 0 Å². The molecule has 0 bridgehead atoms. The van der Waals surface area contributed by atoms with Gasteiger partial charge in [0, 0.05) is 17.0 Å². The topological polar surface area (TPSA) is 75.7 Å². The number of carbonyl (C=O) groups is 3. The molecular formula is C19H20N2O4S. The van der Waals surface area contributed by atoms with E-state index in [1.165, 1.54) is 11.3 Å². The molecule has 0 spiro atoms. The average molecular weight is 372 g/mol. The summed E-state index contributed by atoms with van der Waals surface area (Å²) >= 11 is 1.51. The highest BCUT2D eigenvalue weighted by Crippen LogP contribution is 2.35. The van der Waals surface area contributed by atoms with Crippen LogP contribution in [0.15, 0.2) is 41.8 Å². The Kier molecular flexibility index (Phi) is 5.68. The van der Waals surface area contributed by atoms with Gasteiger partial charge in [0.15, 0.2) is 0 Å². The van der Waals surface area contributed by atoms with Crippen molar-refractivity contribution in [2.45, 2.75) is 25.9 Å². The van der Waals surface area contributed by atoms with Crippen LogP contribution in [-0.4, -0.2) is 35.8 Å². The van der Waals surface area contributed by atoms with E-state index < -0.39 is 5.97 Å². The Morgan fingerprint density at radius 1 is 1.27 bits per heavy atom. The van der Waals surface area contributed by atoms with Crippen LogP contribution in [0.2, 0.25) is 0 Å². The lowest BCUT2D eigenvalue weighted by molar-refractivity contribution is -0.143. The molecule has 136 valence electrons. The molecule has 0 fully saturated rings. The smallest absolute Gasteiger partial charge is 0.325 e. The Bertz CT molecular complexity index is 804. The lowest BCUT2D eigenvalue weighted by Crippen LogP contribution is -2.36. The van der Waals surface area contributed by atoms with Crippen LogP contribution in [0.1, 0.15) is 40.2 Å². The molecular weight excluding hydrogens is 352 g/mol. The van der Waals surface area contributed by atoms with Crippen LogP contribution in [0.5, 0.6) is 0 Å². The molecule has 26 heavy (non-hydrogen) atoms. The Hall–Kier alpha value is -2.67. The lowest BCUT2D eigenvalue weighted by Gasteiger charge is -2.26. The molecule has 0 radical (unpaired) electrons. The Morgan fingerprint density at radius 2 is 2.08 bits per heavy atom. The predicted molar refractivity (Wildman–Crippen MR) is 97.6 cm³/mol. The number of hydrogen-bond acceptors (Lipinski definition) is 5. The van der Waals surface area contributed by atoms with E-state index in [1.807, 2.05) is 41.8 Å². The molecule has 6 nitrogen and oxygen atoms in total.